The molecule has 0 spiro atoms. The molecule has 9 heavy (non-hydrogen) atoms. The minimum Gasteiger partial charge on any atom is -0.336 e. The van der Waals surface area contributed by atoms with Gasteiger partial charge >= 0.3 is 0 Å². The smallest absolute Gasteiger partial charge is 0.0895 e. The first-order chi connectivity index (χ1) is 4.30. The Balaban J connectivity index is 2.73. The third kappa shape index (κ3) is 1.42. The van der Waals surface area contributed by atoms with E-state index in [1.165, 1.54) is 0 Å². The Morgan fingerprint density at radius 3 is 3.33 bits per heavy atom. The molecule has 1 rings (SSSR count). The molecule has 48 valence electrons. The summed E-state index contributed by atoms with van der Waals surface area (Å²) in [6.07, 6.45) is 5.73. The number of hydrogen-bond donors (Lipinski definition) is 0. The second-order valence-corrected chi connectivity index (χ2v) is 1.99. The van der Waals surface area contributed by atoms with E-state index in [9.17, 15) is 0 Å². The zero-order valence-corrected chi connectivity index (χ0v) is 5.54. The molecule has 1 aliphatic rings. The molecule has 1 heterocycles. The molecular formula is C7H10N2. The van der Waals surface area contributed by atoms with Crippen LogP contribution in [0.1, 0.15) is 0 Å². The van der Waals surface area contributed by atoms with Gasteiger partial charge in [-0.1, -0.05) is 12.7 Å². The summed E-state index contributed by atoms with van der Waals surface area (Å²) < 4.78 is 0. The second kappa shape index (κ2) is 2.49. The summed E-state index contributed by atoms with van der Waals surface area (Å²) in [4.78, 5) is 5.95. The first kappa shape index (κ1) is 6.08. The number of hydrogen-bond acceptors (Lipinski definition) is 2. The van der Waals surface area contributed by atoms with Crippen LogP contribution in [0.3, 0.4) is 0 Å². The fourth-order valence-corrected chi connectivity index (χ4v) is 0.611. The van der Waals surface area contributed by atoms with Gasteiger partial charge in [-0.3, -0.25) is 4.99 Å². The molecule has 0 saturated carbocycles. The van der Waals surface area contributed by atoms with Gasteiger partial charge in [0.25, 0.3) is 0 Å². The van der Waals surface area contributed by atoms with E-state index >= 15 is 0 Å². The van der Waals surface area contributed by atoms with Crippen LogP contribution in [0.4, 0.5) is 0 Å². The SMILES string of the molecule is C=C1C=CCN=CN1C. The highest BCUT2D eigenvalue weighted by atomic mass is 15.1. The van der Waals surface area contributed by atoms with Crippen LogP contribution >= 0.6 is 0 Å². The van der Waals surface area contributed by atoms with Gasteiger partial charge in [-0.05, 0) is 6.08 Å². The van der Waals surface area contributed by atoms with Crippen molar-refractivity contribution < 1.29 is 0 Å². The van der Waals surface area contributed by atoms with Gasteiger partial charge in [-0.15, -0.1) is 0 Å². The minimum absolute atomic E-state index is 0.767. The molecule has 0 aromatic carbocycles. The lowest BCUT2D eigenvalue weighted by Gasteiger charge is -2.09. The van der Waals surface area contributed by atoms with Crippen molar-refractivity contribution in [1.82, 2.24) is 4.90 Å². The van der Waals surface area contributed by atoms with Crippen LogP contribution in [0.5, 0.6) is 0 Å². The zero-order chi connectivity index (χ0) is 6.69. The first-order valence-electron chi connectivity index (χ1n) is 2.89. The fraction of sp³-hybridized carbons (Fsp3) is 0.286. The average Bonchev–Trinajstić information content (AvgIpc) is 1.99. The molecule has 0 N–H and O–H groups in total. The van der Waals surface area contributed by atoms with E-state index in [1.54, 1.807) is 6.34 Å². The van der Waals surface area contributed by atoms with Gasteiger partial charge in [0.05, 0.1) is 12.9 Å². The van der Waals surface area contributed by atoms with Gasteiger partial charge in [0, 0.05) is 12.7 Å². The van der Waals surface area contributed by atoms with E-state index < -0.39 is 0 Å². The number of nitrogens with zero attached hydrogens (tertiary/aromatic N) is 2. The highest BCUT2D eigenvalue weighted by Gasteiger charge is 1.94. The van der Waals surface area contributed by atoms with E-state index in [0.29, 0.717) is 0 Å². The molecule has 0 saturated heterocycles. The Labute approximate surface area is 55.2 Å². The van der Waals surface area contributed by atoms with Gasteiger partial charge in [0.2, 0.25) is 0 Å². The predicted octanol–water partition coefficient (Wildman–Crippen LogP) is 1.03. The van der Waals surface area contributed by atoms with Gasteiger partial charge < -0.3 is 4.90 Å². The standard InChI is InChI=1S/C7H10N2/c1-7-4-3-5-8-6-9(7)2/h3-4,6H,1,5H2,2H3. The van der Waals surface area contributed by atoms with Gasteiger partial charge in [-0.2, -0.15) is 0 Å². The van der Waals surface area contributed by atoms with Crippen molar-refractivity contribution in [3.05, 3.63) is 24.4 Å². The lowest BCUT2D eigenvalue weighted by molar-refractivity contribution is 0.673. The maximum absolute atomic E-state index is 4.06. The molecule has 1 aliphatic heterocycles. The molecule has 0 atom stereocenters. The number of allylic oxidation sites excluding steroid dienone is 1. The van der Waals surface area contributed by atoms with Crippen molar-refractivity contribution in [2.24, 2.45) is 4.99 Å². The first-order valence-corrected chi connectivity index (χ1v) is 2.89. The molecule has 0 amide bonds. The van der Waals surface area contributed by atoms with E-state index in [4.69, 9.17) is 0 Å². The maximum atomic E-state index is 4.06. The normalized spacial score (nSPS) is 18.3. The summed E-state index contributed by atoms with van der Waals surface area (Å²) in [5.74, 6) is 0. The van der Waals surface area contributed by atoms with Crippen molar-refractivity contribution in [2.75, 3.05) is 13.6 Å². The predicted molar refractivity (Wildman–Crippen MR) is 39.4 cm³/mol. The third-order valence-electron chi connectivity index (χ3n) is 1.23. The second-order valence-electron chi connectivity index (χ2n) is 1.99. The van der Waals surface area contributed by atoms with Crippen molar-refractivity contribution in [3.63, 3.8) is 0 Å². The Morgan fingerprint density at radius 2 is 2.56 bits per heavy atom. The van der Waals surface area contributed by atoms with Gasteiger partial charge in [0.15, 0.2) is 0 Å². The molecule has 2 nitrogen and oxygen atoms in total. The minimum atomic E-state index is 0.767. The number of rotatable bonds is 0. The number of likely N-dealkylation sites (N-methyl/N-ethyl adjacent to an activating group) is 1. The van der Waals surface area contributed by atoms with Crippen molar-refractivity contribution in [1.29, 1.82) is 0 Å². The molecule has 0 bridgehead atoms. The lowest BCUT2D eigenvalue weighted by atomic mass is 10.4. The topological polar surface area (TPSA) is 15.6 Å². The largest absolute Gasteiger partial charge is 0.336 e. The van der Waals surface area contributed by atoms with Crippen LogP contribution in [-0.4, -0.2) is 24.8 Å². The van der Waals surface area contributed by atoms with E-state index in [2.05, 4.69) is 11.6 Å². The summed E-state index contributed by atoms with van der Waals surface area (Å²) in [5.41, 5.74) is 0.983. The van der Waals surface area contributed by atoms with Crippen LogP contribution in [0.2, 0.25) is 0 Å². The Hall–Kier alpha value is -1.05. The Kier molecular flexibility index (Phi) is 1.68. The molecule has 0 unspecified atom stereocenters. The lowest BCUT2D eigenvalue weighted by Crippen LogP contribution is -2.11. The molecule has 0 aliphatic carbocycles. The quantitative estimate of drug-likeness (QED) is 0.468. The van der Waals surface area contributed by atoms with Crippen LogP contribution < -0.4 is 0 Å². The van der Waals surface area contributed by atoms with Crippen molar-refractivity contribution >= 4 is 6.34 Å². The van der Waals surface area contributed by atoms with Gasteiger partial charge in [0.1, 0.15) is 0 Å². The molecule has 0 aromatic rings. The molecule has 0 fully saturated rings. The Morgan fingerprint density at radius 1 is 1.78 bits per heavy atom. The summed E-state index contributed by atoms with van der Waals surface area (Å²) in [6.45, 7) is 4.57. The number of aliphatic imine (C=N–C) groups is 1. The fourth-order valence-electron chi connectivity index (χ4n) is 0.611. The van der Waals surface area contributed by atoms with E-state index in [0.717, 1.165) is 12.2 Å². The van der Waals surface area contributed by atoms with Crippen LogP contribution in [0.15, 0.2) is 29.4 Å². The van der Waals surface area contributed by atoms with E-state index in [-0.39, 0.29) is 0 Å². The van der Waals surface area contributed by atoms with Crippen molar-refractivity contribution in [2.45, 2.75) is 0 Å². The summed E-state index contributed by atoms with van der Waals surface area (Å²) in [6, 6.07) is 0. The molecular weight excluding hydrogens is 112 g/mol. The monoisotopic (exact) mass is 122 g/mol. The summed E-state index contributed by atoms with van der Waals surface area (Å²) in [7, 11) is 1.93. The van der Waals surface area contributed by atoms with Crippen molar-refractivity contribution in [3.8, 4) is 0 Å². The zero-order valence-electron chi connectivity index (χ0n) is 5.54. The average molecular weight is 122 g/mol. The van der Waals surface area contributed by atoms with Crippen LogP contribution in [0, 0.1) is 0 Å². The molecule has 0 radical (unpaired) electrons. The Bertz CT molecular complexity index is 168. The summed E-state index contributed by atoms with van der Waals surface area (Å²) in [5, 5.41) is 0. The van der Waals surface area contributed by atoms with Crippen LogP contribution in [0.25, 0.3) is 0 Å². The maximum Gasteiger partial charge on any atom is 0.0895 e. The van der Waals surface area contributed by atoms with Gasteiger partial charge in [-0.25, -0.2) is 0 Å². The highest BCUT2D eigenvalue weighted by Crippen LogP contribution is 1.99. The third-order valence-corrected chi connectivity index (χ3v) is 1.23. The molecule has 2 heteroatoms. The van der Waals surface area contributed by atoms with E-state index in [1.807, 2.05) is 24.1 Å². The molecule has 0 aromatic heterocycles. The van der Waals surface area contributed by atoms with Crippen LogP contribution in [-0.2, 0) is 0 Å². The summed E-state index contributed by atoms with van der Waals surface area (Å²) >= 11 is 0. The highest BCUT2D eigenvalue weighted by molar-refractivity contribution is 5.59.